The lowest BCUT2D eigenvalue weighted by atomic mass is 9.95. The fourth-order valence-corrected chi connectivity index (χ4v) is 3.64. The zero-order valence-electron chi connectivity index (χ0n) is 17.9. The number of hydrogen-bond acceptors (Lipinski definition) is 16. The molecule has 0 amide bonds. The van der Waals surface area contributed by atoms with E-state index in [9.17, 15) is 50.8 Å². The van der Waals surface area contributed by atoms with E-state index in [1.807, 2.05) is 0 Å². The molecule has 2 aliphatic heterocycles. The third kappa shape index (κ3) is 6.25. The molecule has 2 rings (SSSR count). The Kier molecular flexibility index (Phi) is 11.1. The maximum absolute atomic E-state index is 11.0. The Hall–Kier alpha value is -0.930. The van der Waals surface area contributed by atoms with Gasteiger partial charge in [0.05, 0.1) is 25.9 Å². The number of carbonyl (C=O) groups excluding carboxylic acids is 1. The zero-order valence-corrected chi connectivity index (χ0v) is 17.9. The average Bonchev–Trinajstić information content (AvgIpc) is 2.84. The monoisotopic (exact) mass is 503 g/mol. The van der Waals surface area contributed by atoms with Gasteiger partial charge in [-0.3, -0.25) is 0 Å². The molecule has 0 bridgehead atoms. The van der Waals surface area contributed by atoms with E-state index in [1.54, 1.807) is 0 Å². The van der Waals surface area contributed by atoms with Crippen molar-refractivity contribution in [3.63, 3.8) is 0 Å². The Morgan fingerprint density at radius 3 is 1.97 bits per heavy atom. The first kappa shape index (κ1) is 29.3. The normalized spacial score (nSPS) is 42.6. The maximum Gasteiger partial charge on any atom is 0.187 e. The fourth-order valence-electron chi connectivity index (χ4n) is 3.64. The molecule has 16 heteroatoms. The minimum Gasteiger partial charge on any atom is -0.394 e. The molecule has 200 valence electrons. The molecule has 34 heavy (non-hydrogen) atoms. The number of aliphatic hydroxyl groups excluding tert-OH is 10. The smallest absolute Gasteiger partial charge is 0.187 e. The Bertz CT molecular complexity index is 626. The van der Waals surface area contributed by atoms with Crippen molar-refractivity contribution in [3.8, 4) is 0 Å². The Balaban J connectivity index is 2.17. The van der Waals surface area contributed by atoms with Gasteiger partial charge in [-0.05, 0) is 0 Å². The molecule has 0 aromatic heterocycles. The second-order valence-electron chi connectivity index (χ2n) is 8.06. The number of hydrogen-bond donors (Lipinski definition) is 11. The quantitative estimate of drug-likeness (QED) is 0.117. The van der Waals surface area contributed by atoms with Crippen LogP contribution >= 0.6 is 0 Å². The molecule has 0 aromatic carbocycles. The summed E-state index contributed by atoms with van der Waals surface area (Å²) in [5.41, 5.74) is 5.91. The largest absolute Gasteiger partial charge is 0.394 e. The minimum absolute atomic E-state index is 0.0166. The van der Waals surface area contributed by atoms with Crippen molar-refractivity contribution in [2.45, 2.75) is 85.8 Å². The molecule has 14 atom stereocenters. The number of nitrogens with two attached hydrogens (primary N) is 1. The van der Waals surface area contributed by atoms with Crippen LogP contribution in [0.2, 0.25) is 0 Å². The van der Waals surface area contributed by atoms with Crippen molar-refractivity contribution in [2.24, 2.45) is 5.73 Å². The summed E-state index contributed by atoms with van der Waals surface area (Å²) < 4.78 is 21.4. The van der Waals surface area contributed by atoms with Gasteiger partial charge in [0.25, 0.3) is 0 Å². The molecule has 0 aromatic rings. The number of ether oxygens (including phenoxy) is 4. The highest BCUT2D eigenvalue weighted by atomic mass is 16.7. The molecule has 2 heterocycles. The van der Waals surface area contributed by atoms with Gasteiger partial charge in [-0.2, -0.15) is 0 Å². The van der Waals surface area contributed by atoms with Gasteiger partial charge in [0.2, 0.25) is 0 Å². The summed E-state index contributed by atoms with van der Waals surface area (Å²) in [6, 6.07) is -1.52. The van der Waals surface area contributed by atoms with Crippen LogP contribution in [0.1, 0.15) is 0 Å². The molecular formula is C18H33NO15. The minimum atomic E-state index is -2.00. The number of carbonyl (C=O) groups is 1. The summed E-state index contributed by atoms with van der Waals surface area (Å²) >= 11 is 0. The van der Waals surface area contributed by atoms with Crippen molar-refractivity contribution >= 4 is 6.29 Å². The summed E-state index contributed by atoms with van der Waals surface area (Å²) in [6.07, 6.45) is -22.3. The van der Waals surface area contributed by atoms with Crippen LogP contribution in [0, 0.1) is 0 Å². The van der Waals surface area contributed by atoms with Gasteiger partial charge in [0.15, 0.2) is 18.9 Å². The van der Waals surface area contributed by atoms with E-state index in [4.69, 9.17) is 29.8 Å². The van der Waals surface area contributed by atoms with Crippen molar-refractivity contribution in [1.29, 1.82) is 0 Å². The first-order valence-corrected chi connectivity index (χ1v) is 10.4. The van der Waals surface area contributed by atoms with Gasteiger partial charge >= 0.3 is 0 Å². The number of aldehydes is 1. The summed E-state index contributed by atoms with van der Waals surface area (Å²) in [6.45, 7) is -2.51. The van der Waals surface area contributed by atoms with Crippen LogP contribution in [-0.2, 0) is 23.7 Å². The van der Waals surface area contributed by atoms with E-state index in [0.717, 1.165) is 0 Å². The zero-order chi connectivity index (χ0) is 25.7. The number of rotatable bonds is 11. The second-order valence-corrected chi connectivity index (χ2v) is 8.06. The molecular weight excluding hydrogens is 470 g/mol. The van der Waals surface area contributed by atoms with E-state index in [0.29, 0.717) is 0 Å². The van der Waals surface area contributed by atoms with E-state index >= 15 is 0 Å². The Labute approximate surface area is 193 Å². The Morgan fingerprint density at radius 1 is 0.853 bits per heavy atom. The van der Waals surface area contributed by atoms with Crippen molar-refractivity contribution < 1.29 is 74.8 Å². The maximum atomic E-state index is 11.0. The van der Waals surface area contributed by atoms with Gasteiger partial charge in [0.1, 0.15) is 67.1 Å². The molecule has 0 radical (unpaired) electrons. The van der Waals surface area contributed by atoms with Crippen molar-refractivity contribution in [2.75, 3.05) is 19.8 Å². The molecule has 2 aliphatic rings. The van der Waals surface area contributed by atoms with Crippen LogP contribution < -0.4 is 5.73 Å². The highest BCUT2D eigenvalue weighted by molar-refractivity contribution is 5.56. The van der Waals surface area contributed by atoms with Crippen molar-refractivity contribution in [1.82, 2.24) is 0 Å². The fraction of sp³-hybridized carbons (Fsp3) is 0.944. The summed E-state index contributed by atoms with van der Waals surface area (Å²) in [5, 5.41) is 98.1. The van der Waals surface area contributed by atoms with Crippen LogP contribution in [0.4, 0.5) is 0 Å². The lowest BCUT2D eigenvalue weighted by Crippen LogP contribution is -2.67. The van der Waals surface area contributed by atoms with Crippen molar-refractivity contribution in [3.05, 3.63) is 0 Å². The molecule has 2 fully saturated rings. The predicted molar refractivity (Wildman–Crippen MR) is 104 cm³/mol. The van der Waals surface area contributed by atoms with Crippen LogP contribution in [0.5, 0.6) is 0 Å². The summed E-state index contributed by atoms with van der Waals surface area (Å²) in [7, 11) is 0. The summed E-state index contributed by atoms with van der Waals surface area (Å²) in [5.74, 6) is 0. The molecule has 16 nitrogen and oxygen atoms in total. The first-order valence-electron chi connectivity index (χ1n) is 10.4. The van der Waals surface area contributed by atoms with E-state index in [2.05, 4.69) is 0 Å². The van der Waals surface area contributed by atoms with Gasteiger partial charge in [-0.1, -0.05) is 0 Å². The van der Waals surface area contributed by atoms with Crippen LogP contribution in [-0.4, -0.2) is 163 Å². The topological polar surface area (TPSA) is 282 Å². The van der Waals surface area contributed by atoms with Gasteiger partial charge in [0, 0.05) is 0 Å². The van der Waals surface area contributed by atoms with Crippen LogP contribution in [0.25, 0.3) is 0 Å². The van der Waals surface area contributed by atoms with Gasteiger partial charge in [-0.15, -0.1) is 0 Å². The van der Waals surface area contributed by atoms with E-state index in [-0.39, 0.29) is 6.29 Å². The third-order valence-electron chi connectivity index (χ3n) is 5.73. The molecule has 0 spiro atoms. The Morgan fingerprint density at radius 2 is 1.44 bits per heavy atom. The number of aliphatic hydroxyl groups is 10. The predicted octanol–water partition coefficient (Wildman–Crippen LogP) is -7.76. The first-order chi connectivity index (χ1) is 16.0. The van der Waals surface area contributed by atoms with Crippen LogP contribution in [0.15, 0.2) is 0 Å². The molecule has 2 saturated heterocycles. The SMILES string of the molecule is N[C@H]1[C@H](O[C@@H]([C@@H](O)[C@H](O)CO)[C@@H](O)C=O)O[C@H](CO)[C@@H](O[C@@H]2O[C@H](CO)[C@H](O)[C@H](O)[C@H]2O)[C@@H]1O. The lowest BCUT2D eigenvalue weighted by molar-refractivity contribution is -0.352. The molecule has 0 aliphatic carbocycles. The second kappa shape index (κ2) is 12.9. The van der Waals surface area contributed by atoms with Crippen LogP contribution in [0.3, 0.4) is 0 Å². The standard InChI is InChI=1S/C18H33NO15/c19-9-12(28)16(34-18-14(30)13(29)11(27)7(3-22)31-18)8(4-23)32-17(9)33-15(6(25)2-21)10(26)5(24)1-20/h2,5-18,20,22-30H,1,3-4,19H2/t5-,6+,7-,8-,9-,10+,11+,12-,13+,14-,15-,16-,17+,18+/m1/s1. The third-order valence-corrected chi connectivity index (χ3v) is 5.73. The molecule has 0 unspecified atom stereocenters. The lowest BCUT2D eigenvalue weighted by Gasteiger charge is -2.47. The van der Waals surface area contributed by atoms with Gasteiger partial charge in [-0.25, -0.2) is 0 Å². The molecule has 12 N–H and O–H groups in total. The van der Waals surface area contributed by atoms with Gasteiger partial charge < -0.3 is 80.5 Å². The highest BCUT2D eigenvalue weighted by Crippen LogP contribution is 2.30. The van der Waals surface area contributed by atoms with E-state index < -0.39 is 106 Å². The van der Waals surface area contributed by atoms with E-state index in [1.165, 1.54) is 0 Å². The highest BCUT2D eigenvalue weighted by Gasteiger charge is 2.51. The average molecular weight is 503 g/mol. The summed E-state index contributed by atoms with van der Waals surface area (Å²) in [4.78, 5) is 11.0. The molecule has 0 saturated carbocycles.